The first-order valence-electron chi connectivity index (χ1n) is 7.72. The topological polar surface area (TPSA) is 79.6 Å². The van der Waals surface area contributed by atoms with Gasteiger partial charge in [-0.05, 0) is 50.0 Å². The quantitative estimate of drug-likeness (QED) is 0.419. The van der Waals surface area contributed by atoms with Gasteiger partial charge in [-0.25, -0.2) is 0 Å². The molecule has 0 fully saturated rings. The number of allylic oxidation sites excluding steroid dienone is 1. The zero-order valence-electron chi connectivity index (χ0n) is 13.9. The zero-order chi connectivity index (χ0) is 19.7. The Hall–Kier alpha value is -1.87. The second-order valence-corrected chi connectivity index (χ2v) is 6.22. The largest absolute Gasteiger partial charge is 0.417 e. The van der Waals surface area contributed by atoms with Crippen molar-refractivity contribution in [3.8, 4) is 0 Å². The van der Waals surface area contributed by atoms with Crippen molar-refractivity contribution in [2.45, 2.75) is 44.9 Å². The SMILES string of the molecule is CC/C(=N\OC1C=CCCC1)c1cc(Cl)ccc1C(F)(F)F.N=S(=O)=O. The van der Waals surface area contributed by atoms with Crippen LogP contribution in [0.2, 0.25) is 5.02 Å². The van der Waals surface area contributed by atoms with E-state index in [1.165, 1.54) is 12.1 Å². The summed E-state index contributed by atoms with van der Waals surface area (Å²) < 4.78 is 62.2. The molecule has 1 atom stereocenters. The van der Waals surface area contributed by atoms with E-state index in [1.54, 1.807) is 6.92 Å². The number of hydrogen-bond donors (Lipinski definition) is 1. The van der Waals surface area contributed by atoms with Gasteiger partial charge in [0.25, 0.3) is 0 Å². The molecular formula is C16H18ClF3N2O3S. The maximum absolute atomic E-state index is 13.1. The number of alkyl halides is 3. The Bertz CT molecular complexity index is 771. The number of benzene rings is 1. The number of nitrogens with one attached hydrogen (secondary N) is 1. The van der Waals surface area contributed by atoms with Crippen LogP contribution in [0.1, 0.15) is 43.7 Å². The van der Waals surface area contributed by atoms with E-state index in [1.807, 2.05) is 12.2 Å². The van der Waals surface area contributed by atoms with Gasteiger partial charge in [-0.15, -0.1) is 0 Å². The summed E-state index contributed by atoms with van der Waals surface area (Å²) >= 11 is 5.84. The summed E-state index contributed by atoms with van der Waals surface area (Å²) in [4.78, 5) is 5.39. The van der Waals surface area contributed by atoms with E-state index in [4.69, 9.17) is 29.6 Å². The average molecular weight is 411 g/mol. The van der Waals surface area contributed by atoms with Crippen molar-refractivity contribution < 1.29 is 26.4 Å². The molecule has 1 aromatic rings. The van der Waals surface area contributed by atoms with Crippen LogP contribution in [0, 0.1) is 4.78 Å². The lowest BCUT2D eigenvalue weighted by molar-refractivity contribution is -0.137. The molecule has 1 aliphatic carbocycles. The first-order chi connectivity index (χ1) is 12.1. The van der Waals surface area contributed by atoms with Crippen LogP contribution >= 0.6 is 11.6 Å². The molecule has 0 aliphatic heterocycles. The molecule has 0 amide bonds. The fourth-order valence-corrected chi connectivity index (χ4v) is 2.48. The van der Waals surface area contributed by atoms with Crippen LogP contribution in [0.4, 0.5) is 13.2 Å². The van der Waals surface area contributed by atoms with Gasteiger partial charge >= 0.3 is 16.7 Å². The lowest BCUT2D eigenvalue weighted by atomic mass is 10.0. The van der Waals surface area contributed by atoms with Gasteiger partial charge in [0.2, 0.25) is 0 Å². The highest BCUT2D eigenvalue weighted by molar-refractivity contribution is 7.60. The van der Waals surface area contributed by atoms with Crippen molar-refractivity contribution in [2.24, 2.45) is 5.16 Å². The molecule has 10 heteroatoms. The van der Waals surface area contributed by atoms with Gasteiger partial charge in [-0.3, -0.25) is 0 Å². The molecule has 1 N–H and O–H groups in total. The van der Waals surface area contributed by atoms with Crippen molar-refractivity contribution in [2.75, 3.05) is 0 Å². The molecule has 26 heavy (non-hydrogen) atoms. The lowest BCUT2D eigenvalue weighted by Crippen LogP contribution is -2.15. The molecule has 2 rings (SSSR count). The minimum absolute atomic E-state index is 0.0257. The molecule has 144 valence electrons. The predicted molar refractivity (Wildman–Crippen MR) is 92.8 cm³/mol. The molecular weight excluding hydrogens is 393 g/mol. The van der Waals surface area contributed by atoms with Crippen molar-refractivity contribution >= 4 is 27.8 Å². The van der Waals surface area contributed by atoms with Crippen LogP contribution in [-0.2, 0) is 21.5 Å². The molecule has 0 bridgehead atoms. The van der Waals surface area contributed by atoms with Gasteiger partial charge in [0.15, 0.2) is 0 Å². The normalized spacial score (nSPS) is 17.3. The van der Waals surface area contributed by atoms with E-state index in [0.717, 1.165) is 25.3 Å². The third kappa shape index (κ3) is 7.57. The van der Waals surface area contributed by atoms with Crippen LogP contribution in [0.25, 0.3) is 0 Å². The number of halogens is 4. The molecule has 0 aromatic heterocycles. The van der Waals surface area contributed by atoms with Crippen LogP contribution in [0.5, 0.6) is 0 Å². The monoisotopic (exact) mass is 410 g/mol. The minimum Gasteiger partial charge on any atom is -0.388 e. The molecule has 0 spiro atoms. The third-order valence-electron chi connectivity index (χ3n) is 3.44. The van der Waals surface area contributed by atoms with Gasteiger partial charge < -0.3 is 4.84 Å². The summed E-state index contributed by atoms with van der Waals surface area (Å²) in [6.07, 6.45) is 2.38. The van der Waals surface area contributed by atoms with E-state index < -0.39 is 22.2 Å². The van der Waals surface area contributed by atoms with Crippen molar-refractivity contribution in [1.29, 1.82) is 4.78 Å². The third-order valence-corrected chi connectivity index (χ3v) is 3.68. The number of rotatable bonds is 4. The van der Waals surface area contributed by atoms with Gasteiger partial charge in [-0.1, -0.05) is 29.8 Å². The first kappa shape index (κ1) is 22.2. The molecule has 1 aliphatic rings. The van der Waals surface area contributed by atoms with Crippen molar-refractivity contribution in [3.63, 3.8) is 0 Å². The lowest BCUT2D eigenvalue weighted by Gasteiger charge is -2.17. The second-order valence-electron chi connectivity index (χ2n) is 5.32. The molecule has 0 saturated heterocycles. The molecule has 0 heterocycles. The van der Waals surface area contributed by atoms with Crippen molar-refractivity contribution in [1.82, 2.24) is 0 Å². The Morgan fingerprint density at radius 1 is 1.42 bits per heavy atom. The minimum atomic E-state index is -4.46. The predicted octanol–water partition coefficient (Wildman–Crippen LogP) is 5.23. The summed E-state index contributed by atoms with van der Waals surface area (Å²) in [5, 5.41) is 4.20. The summed E-state index contributed by atoms with van der Waals surface area (Å²) in [6.45, 7) is 1.74. The number of oxime groups is 1. The molecule has 1 unspecified atom stereocenters. The molecule has 0 radical (unpaired) electrons. The standard InChI is InChI=1S/C16H17ClF3NO.HNO2S/c1-2-15(21-22-12-6-4-3-5-7-12)13-10-11(17)8-9-14(13)16(18,19)20;1-4(2)3/h4,6,8-10,12H,2-3,5,7H2,1H3;1H/b21-15+;. The zero-order valence-corrected chi connectivity index (χ0v) is 15.5. The van der Waals surface area contributed by atoms with E-state index in [0.29, 0.717) is 6.42 Å². The molecule has 1 aromatic carbocycles. The maximum atomic E-state index is 13.1. The van der Waals surface area contributed by atoms with Crippen LogP contribution in [0.3, 0.4) is 0 Å². The smallest absolute Gasteiger partial charge is 0.388 e. The average Bonchev–Trinajstić information content (AvgIpc) is 2.55. The number of hydrogen-bond acceptors (Lipinski definition) is 5. The van der Waals surface area contributed by atoms with Crippen LogP contribution in [0.15, 0.2) is 35.5 Å². The van der Waals surface area contributed by atoms with Gasteiger partial charge in [0.05, 0.1) is 11.3 Å². The Morgan fingerprint density at radius 2 is 2.08 bits per heavy atom. The van der Waals surface area contributed by atoms with Gasteiger partial charge in [0, 0.05) is 10.6 Å². The highest BCUT2D eigenvalue weighted by Crippen LogP contribution is 2.34. The molecule has 0 saturated carbocycles. The highest BCUT2D eigenvalue weighted by Gasteiger charge is 2.34. The second kappa shape index (κ2) is 10.3. The summed E-state index contributed by atoms with van der Waals surface area (Å²) in [5.41, 5.74) is -0.531. The van der Waals surface area contributed by atoms with E-state index in [-0.39, 0.29) is 22.4 Å². The Morgan fingerprint density at radius 3 is 2.58 bits per heavy atom. The summed E-state index contributed by atoms with van der Waals surface area (Å²) in [5.74, 6) is 0. The fraction of sp³-hybridized carbons (Fsp3) is 0.438. The Kier molecular flexibility index (Phi) is 8.80. The number of nitrogens with zero attached hydrogens (tertiary/aromatic N) is 1. The molecule has 5 nitrogen and oxygen atoms in total. The van der Waals surface area contributed by atoms with E-state index >= 15 is 0 Å². The van der Waals surface area contributed by atoms with Gasteiger partial charge in [-0.2, -0.15) is 26.4 Å². The van der Waals surface area contributed by atoms with Crippen LogP contribution < -0.4 is 0 Å². The first-order valence-corrected chi connectivity index (χ1v) is 9.17. The van der Waals surface area contributed by atoms with Crippen molar-refractivity contribution in [3.05, 3.63) is 46.5 Å². The Labute approximate surface area is 156 Å². The highest BCUT2D eigenvalue weighted by atomic mass is 35.5. The summed E-state index contributed by atoms with van der Waals surface area (Å²) in [7, 11) is -2.61. The van der Waals surface area contributed by atoms with E-state index in [2.05, 4.69) is 5.16 Å². The summed E-state index contributed by atoms with van der Waals surface area (Å²) in [6, 6.07) is 3.49. The van der Waals surface area contributed by atoms with Gasteiger partial charge in [0.1, 0.15) is 6.10 Å². The van der Waals surface area contributed by atoms with Crippen LogP contribution in [-0.4, -0.2) is 20.2 Å². The Balaban J connectivity index is 0.000000765. The maximum Gasteiger partial charge on any atom is 0.417 e. The van der Waals surface area contributed by atoms with E-state index in [9.17, 15) is 13.2 Å². The fourth-order valence-electron chi connectivity index (χ4n) is 2.31.